The number of likely N-dealkylation sites (N-methyl/N-ethyl adjacent to an activating group) is 1. The quantitative estimate of drug-likeness (QED) is 0.140. The average Bonchev–Trinajstić information content (AvgIpc) is 3.06. The molecule has 1 aromatic heterocycles. The minimum absolute atomic E-state index is 0.122. The van der Waals surface area contributed by atoms with E-state index >= 15 is 0 Å². The Hall–Kier alpha value is -0.300. The number of nitrogens with zero attached hydrogens (tertiary/aromatic N) is 2. The Balaban J connectivity index is 1.77. The van der Waals surface area contributed by atoms with E-state index in [-0.39, 0.29) is 34.5 Å². The van der Waals surface area contributed by atoms with Gasteiger partial charge in [0.15, 0.2) is 0 Å². The molecule has 132 valence electrons. The van der Waals surface area contributed by atoms with Gasteiger partial charge in [-0.15, -0.1) is 0 Å². The molecule has 1 aliphatic heterocycles. The first-order valence-electron chi connectivity index (χ1n) is 7.58. The molecule has 0 saturated carbocycles. The fourth-order valence-corrected chi connectivity index (χ4v) is 5.39. The molecular weight excluding hydrogens is 427 g/mol. The summed E-state index contributed by atoms with van der Waals surface area (Å²) in [6.07, 6.45) is 6.94. The Kier molecular flexibility index (Phi) is 8.16. The molecule has 0 aliphatic carbocycles. The van der Waals surface area contributed by atoms with Crippen LogP contribution in [0.1, 0.15) is 27.2 Å². The molecule has 6 N–H and O–H groups in total. The summed E-state index contributed by atoms with van der Waals surface area (Å²) in [4.78, 5) is 7.81. The molecular formula is C14H26IN6OS-. The van der Waals surface area contributed by atoms with Crippen LogP contribution in [0.4, 0.5) is 0 Å². The third-order valence-electron chi connectivity index (χ3n) is 3.62. The molecule has 0 saturated heterocycles. The molecule has 23 heavy (non-hydrogen) atoms. The van der Waals surface area contributed by atoms with E-state index in [2.05, 4.69) is 38.8 Å². The topological polar surface area (TPSA) is 101 Å². The summed E-state index contributed by atoms with van der Waals surface area (Å²) in [5.41, 5.74) is 11.6. The normalized spacial score (nSPS) is 20.7. The molecule has 2 rings (SSSR count). The monoisotopic (exact) mass is 453 g/mol. The summed E-state index contributed by atoms with van der Waals surface area (Å²) in [5.74, 6) is 0. The van der Waals surface area contributed by atoms with Gasteiger partial charge in [0.05, 0.1) is 0 Å². The van der Waals surface area contributed by atoms with E-state index in [1.807, 2.05) is 12.4 Å². The molecule has 0 aromatic carbocycles. The van der Waals surface area contributed by atoms with Crippen LogP contribution in [0, 0.1) is 0 Å². The molecule has 0 radical (unpaired) electrons. The third-order valence-corrected chi connectivity index (χ3v) is 7.72. The first kappa shape index (κ1) is 19.0. The van der Waals surface area contributed by atoms with Crippen molar-refractivity contribution in [2.75, 3.05) is 20.3 Å². The Morgan fingerprint density at radius 2 is 2.48 bits per heavy atom. The number of nitrogens with two attached hydrogens (primary N) is 2. The summed E-state index contributed by atoms with van der Waals surface area (Å²) in [6, 6.07) is 0.432. The number of halogens is 1. The maximum atomic E-state index is 6.28. The van der Waals surface area contributed by atoms with Crippen LogP contribution in [0.3, 0.4) is 0 Å². The molecule has 0 fully saturated rings. The van der Waals surface area contributed by atoms with Gasteiger partial charge in [-0.25, -0.2) is 0 Å². The molecule has 1 unspecified atom stereocenters. The van der Waals surface area contributed by atoms with Crippen molar-refractivity contribution in [1.82, 2.24) is 18.7 Å². The van der Waals surface area contributed by atoms with E-state index < -0.39 is 0 Å². The van der Waals surface area contributed by atoms with Crippen molar-refractivity contribution in [2.45, 2.75) is 36.2 Å². The summed E-state index contributed by atoms with van der Waals surface area (Å²) in [6.45, 7) is 3.91. The predicted molar refractivity (Wildman–Crippen MR) is 88.8 cm³/mol. The van der Waals surface area contributed by atoms with E-state index in [4.69, 9.17) is 16.2 Å². The summed E-state index contributed by atoms with van der Waals surface area (Å²) in [5, 5.41) is 4.39. The van der Waals surface area contributed by atoms with Crippen LogP contribution in [0.2, 0.25) is 0 Å². The number of thiazole rings is 1. The first-order valence-corrected chi connectivity index (χ1v) is 10.7. The summed E-state index contributed by atoms with van der Waals surface area (Å²) in [7, 11) is 2.07. The van der Waals surface area contributed by atoms with Crippen LogP contribution in [0.15, 0.2) is 18.5 Å². The van der Waals surface area contributed by atoms with Crippen LogP contribution < -0.4 is 41.8 Å². The molecule has 9 heteroatoms. The van der Waals surface area contributed by atoms with Gasteiger partial charge in [0, 0.05) is 0 Å². The van der Waals surface area contributed by atoms with Gasteiger partial charge in [-0.3, -0.25) is 0 Å². The zero-order valence-corrected chi connectivity index (χ0v) is 16.5. The van der Waals surface area contributed by atoms with Gasteiger partial charge in [-0.05, 0) is 0 Å². The van der Waals surface area contributed by atoms with Crippen molar-refractivity contribution < 1.29 is 26.2 Å². The van der Waals surface area contributed by atoms with Gasteiger partial charge in [-0.2, -0.15) is 0 Å². The van der Waals surface area contributed by atoms with Crippen molar-refractivity contribution in [3.8, 4) is 0 Å². The van der Waals surface area contributed by atoms with E-state index in [9.17, 15) is 0 Å². The van der Waals surface area contributed by atoms with Gasteiger partial charge in [0.25, 0.3) is 0 Å². The fraction of sp³-hybridized carbons (Fsp3) is 0.643. The van der Waals surface area contributed by atoms with E-state index in [1.54, 1.807) is 11.3 Å². The van der Waals surface area contributed by atoms with Crippen molar-refractivity contribution in [2.24, 2.45) is 11.5 Å². The summed E-state index contributed by atoms with van der Waals surface area (Å²) >= 11 is 1.41. The summed E-state index contributed by atoms with van der Waals surface area (Å²) < 4.78 is 9.13. The van der Waals surface area contributed by atoms with Crippen molar-refractivity contribution >= 4 is 11.3 Å². The second kappa shape index (κ2) is 9.87. The number of aromatic nitrogens is 1. The Morgan fingerprint density at radius 3 is 3.17 bits per heavy atom. The zero-order valence-electron chi connectivity index (χ0n) is 13.5. The first-order chi connectivity index (χ1) is 11.1. The Bertz CT molecular complexity index is 499. The number of alkyl halides is 1. The molecule has 0 amide bonds. The fourth-order valence-electron chi connectivity index (χ4n) is 2.15. The second-order valence-corrected chi connectivity index (χ2v) is 9.59. The maximum absolute atomic E-state index is 6.28. The van der Waals surface area contributed by atoms with Gasteiger partial charge in [0.1, 0.15) is 0 Å². The number of rotatable bonds is 9. The van der Waals surface area contributed by atoms with Crippen LogP contribution in [-0.4, -0.2) is 42.5 Å². The van der Waals surface area contributed by atoms with Gasteiger partial charge < -0.3 is 0 Å². The van der Waals surface area contributed by atoms with Crippen molar-refractivity contribution in [3.05, 3.63) is 28.4 Å². The molecule has 1 aliphatic rings. The zero-order chi connectivity index (χ0) is 16.7. The van der Waals surface area contributed by atoms with Crippen molar-refractivity contribution in [3.63, 3.8) is 0 Å². The Labute approximate surface area is 152 Å². The number of hydrogen-bond acceptors (Lipinski definition) is 8. The van der Waals surface area contributed by atoms with Crippen LogP contribution >= 0.6 is 11.3 Å². The van der Waals surface area contributed by atoms with Crippen molar-refractivity contribution in [1.29, 1.82) is 0 Å². The average molecular weight is 453 g/mol. The van der Waals surface area contributed by atoms with Gasteiger partial charge in [0.2, 0.25) is 0 Å². The van der Waals surface area contributed by atoms with Crippen LogP contribution in [0.5, 0.6) is 0 Å². The molecule has 2 heterocycles. The minimum atomic E-state index is -0.286. The second-order valence-electron chi connectivity index (χ2n) is 5.32. The van der Waals surface area contributed by atoms with E-state index in [0.29, 0.717) is 16.6 Å². The molecule has 0 spiro atoms. The Morgan fingerprint density at radius 1 is 1.65 bits per heavy atom. The van der Waals surface area contributed by atoms with E-state index in [0.717, 1.165) is 22.9 Å². The molecule has 0 bridgehead atoms. The van der Waals surface area contributed by atoms with Crippen LogP contribution in [-0.2, 0) is 11.3 Å². The number of nitrogens with one attached hydrogen (secondary N) is 2. The third kappa shape index (κ3) is 5.93. The number of hydrogen-bond donors (Lipinski definition) is 4. The molecule has 1 aromatic rings. The standard InChI is InChI=1S/C14H26IN6OS/c1-10(13-19-7-12(23-13)8-22-9-16)15-20-14(17)21(2)11-4-3-5-18-6-11/h3,5,7,10-11,14,18,20H,4,6,8-9,16-17H2,1-2H3/q-1/t10-,11?,14-/m1/s1. The van der Waals surface area contributed by atoms with E-state index in [1.165, 1.54) is 0 Å². The van der Waals surface area contributed by atoms with Gasteiger partial charge in [-0.1, -0.05) is 0 Å². The number of ether oxygens (including phenoxy) is 1. The van der Waals surface area contributed by atoms with Crippen LogP contribution in [0.25, 0.3) is 0 Å². The molecule has 3 atom stereocenters. The molecule has 7 nitrogen and oxygen atoms in total. The SMILES string of the molecule is C[C@@H]([I-]N[C@@H](N)N(C)C1CC=CNC1)c1ncc(COCN)s1. The van der Waals surface area contributed by atoms with Gasteiger partial charge >= 0.3 is 153 Å². The predicted octanol–water partition coefficient (Wildman–Crippen LogP) is -2.72.